The average molecular weight is 515 g/mol. The molecule has 2 heterocycles. The third-order valence-electron chi connectivity index (χ3n) is 4.49. The van der Waals surface area contributed by atoms with Gasteiger partial charge in [0.2, 0.25) is 0 Å². The van der Waals surface area contributed by atoms with Crippen LogP contribution in [0, 0.1) is 13.8 Å². The molecule has 0 atom stereocenters. The summed E-state index contributed by atoms with van der Waals surface area (Å²) < 4.78 is 5.42. The number of rotatable bonds is 6. The van der Waals surface area contributed by atoms with Crippen LogP contribution in [0.5, 0.6) is 0 Å². The second-order valence-corrected chi connectivity index (χ2v) is 7.84. The van der Waals surface area contributed by atoms with Crippen molar-refractivity contribution in [3.8, 4) is 0 Å². The van der Waals surface area contributed by atoms with Crippen molar-refractivity contribution in [2.45, 2.75) is 33.9 Å². The monoisotopic (exact) mass is 515 g/mol. The number of guanidine groups is 1. The van der Waals surface area contributed by atoms with E-state index in [1.807, 2.05) is 6.92 Å². The van der Waals surface area contributed by atoms with Crippen LogP contribution in [0.3, 0.4) is 0 Å². The van der Waals surface area contributed by atoms with Crippen molar-refractivity contribution in [1.82, 2.24) is 15.6 Å². The molecule has 0 amide bonds. The van der Waals surface area contributed by atoms with Gasteiger partial charge in [0, 0.05) is 30.2 Å². The van der Waals surface area contributed by atoms with Gasteiger partial charge in [-0.05, 0) is 38.5 Å². The molecule has 154 valence electrons. The minimum Gasteiger partial charge on any atom is -0.378 e. The molecule has 0 saturated carbocycles. The van der Waals surface area contributed by atoms with E-state index in [1.165, 1.54) is 16.1 Å². The zero-order valence-electron chi connectivity index (χ0n) is 16.8. The van der Waals surface area contributed by atoms with E-state index in [2.05, 4.69) is 58.6 Å². The maximum Gasteiger partial charge on any atom is 0.191 e. The first kappa shape index (κ1) is 22.9. The standard InChI is InChI=1S/C20H29N5OS.HI/c1-4-21-20(23-14-19-15(2)24-16(3)27-19)22-13-17-5-7-18(8-6-17)25-9-11-26-12-10-25;/h5-8H,4,9-14H2,1-3H3,(H2,21,22,23);1H. The van der Waals surface area contributed by atoms with Gasteiger partial charge in [-0.15, -0.1) is 35.3 Å². The first-order valence-electron chi connectivity index (χ1n) is 9.52. The molecule has 0 spiro atoms. The molecule has 6 nitrogen and oxygen atoms in total. The van der Waals surface area contributed by atoms with Gasteiger partial charge in [0.1, 0.15) is 0 Å². The Morgan fingerprint density at radius 2 is 1.89 bits per heavy atom. The molecule has 28 heavy (non-hydrogen) atoms. The van der Waals surface area contributed by atoms with Crippen molar-refractivity contribution in [2.24, 2.45) is 4.99 Å². The number of aliphatic imine (C=N–C) groups is 1. The van der Waals surface area contributed by atoms with Crippen LogP contribution < -0.4 is 15.5 Å². The zero-order valence-corrected chi connectivity index (χ0v) is 20.0. The fourth-order valence-corrected chi connectivity index (χ4v) is 3.92. The third-order valence-corrected chi connectivity index (χ3v) is 5.57. The van der Waals surface area contributed by atoms with Crippen molar-refractivity contribution in [3.05, 3.63) is 45.4 Å². The lowest BCUT2D eigenvalue weighted by Gasteiger charge is -2.28. The third kappa shape index (κ3) is 6.59. The summed E-state index contributed by atoms with van der Waals surface area (Å²) in [6.45, 7) is 12.0. The van der Waals surface area contributed by atoms with E-state index >= 15 is 0 Å². The van der Waals surface area contributed by atoms with Crippen LogP contribution in [0.4, 0.5) is 5.69 Å². The van der Waals surface area contributed by atoms with E-state index < -0.39 is 0 Å². The number of aryl methyl sites for hydroxylation is 2. The predicted molar refractivity (Wildman–Crippen MR) is 128 cm³/mol. The smallest absolute Gasteiger partial charge is 0.191 e. The fourth-order valence-electron chi connectivity index (χ4n) is 3.05. The number of ether oxygens (including phenoxy) is 1. The largest absolute Gasteiger partial charge is 0.378 e. The summed E-state index contributed by atoms with van der Waals surface area (Å²) in [5, 5.41) is 7.83. The van der Waals surface area contributed by atoms with Gasteiger partial charge in [-0.3, -0.25) is 0 Å². The van der Waals surface area contributed by atoms with Gasteiger partial charge in [0.05, 0.1) is 37.0 Å². The number of hydrogen-bond acceptors (Lipinski definition) is 5. The van der Waals surface area contributed by atoms with E-state index in [9.17, 15) is 0 Å². The molecule has 1 aromatic heterocycles. The summed E-state index contributed by atoms with van der Waals surface area (Å²) in [5.74, 6) is 0.834. The molecule has 2 N–H and O–H groups in total. The second-order valence-electron chi connectivity index (χ2n) is 6.56. The highest BCUT2D eigenvalue weighted by Gasteiger charge is 2.10. The molecule has 8 heteroatoms. The lowest BCUT2D eigenvalue weighted by molar-refractivity contribution is 0.122. The van der Waals surface area contributed by atoms with E-state index in [4.69, 9.17) is 9.73 Å². The van der Waals surface area contributed by atoms with Crippen molar-refractivity contribution in [2.75, 3.05) is 37.7 Å². The lowest BCUT2D eigenvalue weighted by atomic mass is 10.2. The number of anilines is 1. The molecule has 0 radical (unpaired) electrons. The molecular formula is C20H30IN5OS. The van der Waals surface area contributed by atoms with E-state index in [-0.39, 0.29) is 24.0 Å². The Balaban J connectivity index is 0.00000280. The Morgan fingerprint density at radius 1 is 1.18 bits per heavy atom. The van der Waals surface area contributed by atoms with Crippen LogP contribution in [0.2, 0.25) is 0 Å². The van der Waals surface area contributed by atoms with Crippen LogP contribution in [0.15, 0.2) is 29.3 Å². The van der Waals surface area contributed by atoms with Gasteiger partial charge < -0.3 is 20.3 Å². The van der Waals surface area contributed by atoms with Crippen LogP contribution >= 0.6 is 35.3 Å². The predicted octanol–water partition coefficient (Wildman–Crippen LogP) is 3.47. The van der Waals surface area contributed by atoms with Gasteiger partial charge in [-0.1, -0.05) is 12.1 Å². The topological polar surface area (TPSA) is 61.8 Å². The second kappa shape index (κ2) is 11.6. The minimum absolute atomic E-state index is 0. The highest BCUT2D eigenvalue weighted by Crippen LogP contribution is 2.18. The summed E-state index contributed by atoms with van der Waals surface area (Å²) in [4.78, 5) is 12.8. The molecule has 1 aromatic carbocycles. The van der Waals surface area contributed by atoms with E-state index in [0.29, 0.717) is 6.54 Å². The highest BCUT2D eigenvalue weighted by molar-refractivity contribution is 14.0. The lowest BCUT2D eigenvalue weighted by Crippen LogP contribution is -2.36. The molecule has 1 aliphatic heterocycles. The first-order chi connectivity index (χ1) is 13.2. The van der Waals surface area contributed by atoms with Gasteiger partial charge in [0.25, 0.3) is 0 Å². The Kier molecular flexibility index (Phi) is 9.46. The molecule has 1 aliphatic rings. The maximum absolute atomic E-state index is 5.42. The summed E-state index contributed by atoms with van der Waals surface area (Å²) in [6.07, 6.45) is 0. The van der Waals surface area contributed by atoms with Gasteiger partial charge in [0.15, 0.2) is 5.96 Å². The van der Waals surface area contributed by atoms with Gasteiger partial charge in [-0.2, -0.15) is 0 Å². The Hall–Kier alpha value is -1.39. The first-order valence-corrected chi connectivity index (χ1v) is 10.3. The van der Waals surface area contributed by atoms with E-state index in [1.54, 1.807) is 11.3 Å². The minimum atomic E-state index is 0. The molecular weight excluding hydrogens is 485 g/mol. The Labute approximate surface area is 188 Å². The normalized spacial score (nSPS) is 14.5. The molecule has 1 saturated heterocycles. The number of hydrogen-bond donors (Lipinski definition) is 2. The van der Waals surface area contributed by atoms with Crippen LogP contribution in [0.25, 0.3) is 0 Å². The summed E-state index contributed by atoms with van der Waals surface area (Å²) in [6, 6.07) is 8.68. The molecule has 1 fully saturated rings. The Morgan fingerprint density at radius 3 is 2.50 bits per heavy atom. The number of nitrogens with zero attached hydrogens (tertiary/aromatic N) is 3. The van der Waals surface area contributed by atoms with Crippen molar-refractivity contribution < 1.29 is 4.74 Å². The van der Waals surface area contributed by atoms with E-state index in [0.717, 1.165) is 56.1 Å². The van der Waals surface area contributed by atoms with Gasteiger partial charge in [-0.25, -0.2) is 9.98 Å². The zero-order chi connectivity index (χ0) is 19.1. The van der Waals surface area contributed by atoms with Crippen molar-refractivity contribution in [1.29, 1.82) is 0 Å². The number of morpholine rings is 1. The molecule has 0 unspecified atom stereocenters. The summed E-state index contributed by atoms with van der Waals surface area (Å²) >= 11 is 1.73. The van der Waals surface area contributed by atoms with Crippen LogP contribution in [-0.4, -0.2) is 43.8 Å². The van der Waals surface area contributed by atoms with Crippen molar-refractivity contribution in [3.63, 3.8) is 0 Å². The maximum atomic E-state index is 5.42. The van der Waals surface area contributed by atoms with Crippen LogP contribution in [-0.2, 0) is 17.8 Å². The SMILES string of the molecule is CCNC(=NCc1ccc(N2CCOCC2)cc1)NCc1sc(C)nc1C.I. The molecule has 0 bridgehead atoms. The number of nitrogens with one attached hydrogen (secondary N) is 2. The van der Waals surface area contributed by atoms with Crippen molar-refractivity contribution >= 4 is 47.0 Å². The Bertz CT molecular complexity index is 756. The summed E-state index contributed by atoms with van der Waals surface area (Å²) in [5.41, 5.74) is 3.56. The molecule has 3 rings (SSSR count). The number of aromatic nitrogens is 1. The van der Waals surface area contributed by atoms with Crippen LogP contribution in [0.1, 0.15) is 28.1 Å². The highest BCUT2D eigenvalue weighted by atomic mass is 127. The number of halogens is 1. The number of benzene rings is 1. The average Bonchev–Trinajstić information content (AvgIpc) is 3.02. The molecule has 0 aliphatic carbocycles. The number of thiazole rings is 1. The summed E-state index contributed by atoms with van der Waals surface area (Å²) in [7, 11) is 0. The fraction of sp³-hybridized carbons (Fsp3) is 0.500. The molecule has 2 aromatic rings. The quantitative estimate of drug-likeness (QED) is 0.351. The van der Waals surface area contributed by atoms with Gasteiger partial charge >= 0.3 is 0 Å².